The minimum atomic E-state index is 0.924. The maximum Gasteiger partial charge on any atom is 0.0915 e. The minimum Gasteiger partial charge on any atom is -0.310 e. The molecule has 0 aliphatic carbocycles. The summed E-state index contributed by atoms with van der Waals surface area (Å²) in [5.74, 6) is 0. The Bertz CT molecular complexity index is 1050. The molecule has 0 aliphatic rings. The zero-order valence-corrected chi connectivity index (χ0v) is 16.4. The number of nitrogens with zero attached hydrogens (tertiary/aromatic N) is 3. The van der Waals surface area contributed by atoms with E-state index in [1.165, 1.54) is 5.56 Å². The Labute approximate surface area is 166 Å². The minimum absolute atomic E-state index is 0.924. The highest BCUT2D eigenvalue weighted by molar-refractivity contribution is 5.81. The SMILES string of the molecule is Cc1cnc(-c2ccc(C)c(N(c3ccccc3)c3ccccc3)c2)c(C)n1. The van der Waals surface area contributed by atoms with Crippen LogP contribution in [0.15, 0.2) is 85.1 Å². The van der Waals surface area contributed by atoms with Gasteiger partial charge in [0, 0.05) is 28.8 Å². The van der Waals surface area contributed by atoms with E-state index in [1.54, 1.807) is 0 Å². The highest BCUT2D eigenvalue weighted by atomic mass is 15.1. The fourth-order valence-electron chi connectivity index (χ4n) is 3.46. The molecule has 0 atom stereocenters. The smallest absolute Gasteiger partial charge is 0.0915 e. The van der Waals surface area contributed by atoms with Crippen molar-refractivity contribution in [1.82, 2.24) is 9.97 Å². The molecular formula is C25H23N3. The number of hydrogen-bond acceptors (Lipinski definition) is 3. The lowest BCUT2D eigenvalue weighted by atomic mass is 10.0. The largest absolute Gasteiger partial charge is 0.310 e. The molecular weight excluding hydrogens is 342 g/mol. The van der Waals surface area contributed by atoms with Gasteiger partial charge >= 0.3 is 0 Å². The summed E-state index contributed by atoms with van der Waals surface area (Å²) in [6, 6.07) is 27.4. The number of aromatic nitrogens is 2. The number of para-hydroxylation sites is 2. The van der Waals surface area contributed by atoms with E-state index in [0.29, 0.717) is 0 Å². The first kappa shape index (κ1) is 17.9. The first-order valence-corrected chi connectivity index (χ1v) is 9.45. The van der Waals surface area contributed by atoms with Gasteiger partial charge in [0.2, 0.25) is 0 Å². The Morgan fingerprint density at radius 1 is 0.714 bits per heavy atom. The van der Waals surface area contributed by atoms with E-state index in [0.717, 1.165) is 39.7 Å². The summed E-state index contributed by atoms with van der Waals surface area (Å²) >= 11 is 0. The molecule has 3 nitrogen and oxygen atoms in total. The van der Waals surface area contributed by atoms with Crippen LogP contribution in [0, 0.1) is 20.8 Å². The first-order valence-electron chi connectivity index (χ1n) is 9.45. The van der Waals surface area contributed by atoms with Crippen LogP contribution in [-0.4, -0.2) is 9.97 Å². The van der Waals surface area contributed by atoms with E-state index in [4.69, 9.17) is 0 Å². The molecule has 3 aromatic carbocycles. The van der Waals surface area contributed by atoms with Crippen LogP contribution < -0.4 is 4.90 Å². The third-order valence-electron chi connectivity index (χ3n) is 4.82. The normalized spacial score (nSPS) is 10.7. The van der Waals surface area contributed by atoms with Gasteiger partial charge in [-0.3, -0.25) is 9.97 Å². The third-order valence-corrected chi connectivity index (χ3v) is 4.82. The van der Waals surface area contributed by atoms with Crippen LogP contribution >= 0.6 is 0 Å². The maximum atomic E-state index is 4.64. The van der Waals surface area contributed by atoms with Crippen LogP contribution in [0.4, 0.5) is 17.1 Å². The summed E-state index contributed by atoms with van der Waals surface area (Å²) in [4.78, 5) is 11.5. The fourth-order valence-corrected chi connectivity index (χ4v) is 3.46. The van der Waals surface area contributed by atoms with E-state index in [2.05, 4.69) is 88.5 Å². The number of anilines is 3. The van der Waals surface area contributed by atoms with Gasteiger partial charge in [0.1, 0.15) is 0 Å². The number of hydrogen-bond donors (Lipinski definition) is 0. The summed E-state index contributed by atoms with van der Waals surface area (Å²) in [6.07, 6.45) is 1.83. The average molecular weight is 365 g/mol. The Kier molecular flexibility index (Phi) is 4.90. The first-order chi connectivity index (χ1) is 13.6. The molecule has 0 bridgehead atoms. The molecule has 3 heteroatoms. The molecule has 1 heterocycles. The van der Waals surface area contributed by atoms with Gasteiger partial charge in [0.15, 0.2) is 0 Å². The molecule has 0 radical (unpaired) electrons. The number of benzene rings is 3. The number of aryl methyl sites for hydroxylation is 3. The van der Waals surface area contributed by atoms with Gasteiger partial charge in [0.05, 0.1) is 17.1 Å². The molecule has 28 heavy (non-hydrogen) atoms. The van der Waals surface area contributed by atoms with Crippen molar-refractivity contribution in [2.24, 2.45) is 0 Å². The fraction of sp³-hybridized carbons (Fsp3) is 0.120. The van der Waals surface area contributed by atoms with Crippen LogP contribution in [-0.2, 0) is 0 Å². The summed E-state index contributed by atoms with van der Waals surface area (Å²) in [7, 11) is 0. The van der Waals surface area contributed by atoms with Crippen molar-refractivity contribution in [2.75, 3.05) is 4.90 Å². The second-order valence-corrected chi connectivity index (χ2v) is 6.95. The van der Waals surface area contributed by atoms with Crippen LogP contribution in [0.25, 0.3) is 11.3 Å². The van der Waals surface area contributed by atoms with Crippen LogP contribution in [0.5, 0.6) is 0 Å². The lowest BCUT2D eigenvalue weighted by Gasteiger charge is -2.27. The van der Waals surface area contributed by atoms with Crippen molar-refractivity contribution in [1.29, 1.82) is 0 Å². The molecule has 0 N–H and O–H groups in total. The summed E-state index contributed by atoms with van der Waals surface area (Å²) in [5, 5.41) is 0. The monoisotopic (exact) mass is 365 g/mol. The van der Waals surface area contributed by atoms with Crippen molar-refractivity contribution in [3.05, 3.63) is 102 Å². The van der Waals surface area contributed by atoms with Crippen LogP contribution in [0.1, 0.15) is 17.0 Å². The highest BCUT2D eigenvalue weighted by Crippen LogP contribution is 2.38. The molecule has 0 unspecified atom stereocenters. The van der Waals surface area contributed by atoms with E-state index in [-0.39, 0.29) is 0 Å². The van der Waals surface area contributed by atoms with E-state index in [9.17, 15) is 0 Å². The second kappa shape index (κ2) is 7.65. The molecule has 4 rings (SSSR count). The van der Waals surface area contributed by atoms with Crippen molar-refractivity contribution in [3.63, 3.8) is 0 Å². The topological polar surface area (TPSA) is 29.0 Å². The van der Waals surface area contributed by atoms with E-state index >= 15 is 0 Å². The van der Waals surface area contributed by atoms with Gasteiger partial charge in [-0.15, -0.1) is 0 Å². The maximum absolute atomic E-state index is 4.64. The molecule has 138 valence electrons. The van der Waals surface area contributed by atoms with Gasteiger partial charge in [-0.05, 0) is 56.7 Å². The number of rotatable bonds is 4. The zero-order chi connectivity index (χ0) is 19.5. The van der Waals surface area contributed by atoms with Gasteiger partial charge in [-0.2, -0.15) is 0 Å². The van der Waals surface area contributed by atoms with Gasteiger partial charge in [0.25, 0.3) is 0 Å². The highest BCUT2D eigenvalue weighted by Gasteiger charge is 2.16. The molecule has 0 saturated heterocycles. The van der Waals surface area contributed by atoms with Gasteiger partial charge in [-0.1, -0.05) is 48.5 Å². The molecule has 0 fully saturated rings. The predicted molar refractivity (Wildman–Crippen MR) is 116 cm³/mol. The van der Waals surface area contributed by atoms with Crippen molar-refractivity contribution >= 4 is 17.1 Å². The molecule has 0 amide bonds. The molecule has 0 spiro atoms. The van der Waals surface area contributed by atoms with E-state index in [1.807, 2.05) is 32.2 Å². The van der Waals surface area contributed by atoms with Crippen LogP contribution in [0.2, 0.25) is 0 Å². The quantitative estimate of drug-likeness (QED) is 0.411. The van der Waals surface area contributed by atoms with Gasteiger partial charge < -0.3 is 4.90 Å². The predicted octanol–water partition coefficient (Wildman–Crippen LogP) is 6.54. The van der Waals surface area contributed by atoms with Gasteiger partial charge in [-0.25, -0.2) is 0 Å². The molecule has 0 saturated carbocycles. The summed E-state index contributed by atoms with van der Waals surface area (Å²) in [6.45, 7) is 6.13. The van der Waals surface area contributed by atoms with Crippen molar-refractivity contribution in [3.8, 4) is 11.3 Å². The molecule has 0 aliphatic heterocycles. The third kappa shape index (κ3) is 3.52. The summed E-state index contributed by atoms with van der Waals surface area (Å²) in [5.41, 5.74) is 8.46. The lowest BCUT2D eigenvalue weighted by Crippen LogP contribution is -2.11. The van der Waals surface area contributed by atoms with E-state index < -0.39 is 0 Å². The molecule has 1 aromatic heterocycles. The molecule has 4 aromatic rings. The lowest BCUT2D eigenvalue weighted by molar-refractivity contribution is 1.06. The van der Waals surface area contributed by atoms with Crippen molar-refractivity contribution < 1.29 is 0 Å². The Balaban J connectivity index is 1.89. The Morgan fingerprint density at radius 3 is 1.89 bits per heavy atom. The standard InChI is InChI=1S/C25H23N3/c1-18-14-15-21(25-20(3)27-19(2)17-26-25)16-24(18)28(22-10-6-4-7-11-22)23-12-8-5-9-13-23/h4-17H,1-3H3. The van der Waals surface area contributed by atoms with Crippen molar-refractivity contribution in [2.45, 2.75) is 20.8 Å². The second-order valence-electron chi connectivity index (χ2n) is 6.95. The summed E-state index contributed by atoms with van der Waals surface area (Å²) < 4.78 is 0. The average Bonchev–Trinajstić information content (AvgIpc) is 2.72. The Hall–Kier alpha value is -3.46. The Morgan fingerprint density at radius 2 is 1.32 bits per heavy atom. The van der Waals surface area contributed by atoms with Crippen LogP contribution in [0.3, 0.4) is 0 Å². The zero-order valence-electron chi connectivity index (χ0n) is 16.4.